The molecule has 0 fully saturated rings. The first-order valence-corrected chi connectivity index (χ1v) is 11.2. The van der Waals surface area contributed by atoms with Gasteiger partial charge in [-0.3, -0.25) is 14.6 Å². The van der Waals surface area contributed by atoms with E-state index >= 15 is 0 Å². The monoisotopic (exact) mass is 455 g/mol. The third-order valence-electron chi connectivity index (χ3n) is 5.73. The minimum atomic E-state index is -0.319. The molecule has 0 aliphatic carbocycles. The Hall–Kier alpha value is -4.00. The quantitative estimate of drug-likeness (QED) is 0.431. The smallest absolute Gasteiger partial charge is 0.256 e. The zero-order valence-corrected chi connectivity index (χ0v) is 20.1. The predicted molar refractivity (Wildman–Crippen MR) is 134 cm³/mol. The third-order valence-corrected chi connectivity index (χ3v) is 5.73. The van der Waals surface area contributed by atoms with E-state index in [4.69, 9.17) is 4.98 Å². The number of hydrogen-bond donors (Lipinski definition) is 2. The van der Waals surface area contributed by atoms with Crippen molar-refractivity contribution in [1.82, 2.24) is 19.9 Å². The summed E-state index contributed by atoms with van der Waals surface area (Å²) < 4.78 is 1.97. The Morgan fingerprint density at radius 3 is 2.26 bits per heavy atom. The Kier molecular flexibility index (Phi) is 6.20. The molecule has 4 aromatic rings. The Labute approximate surface area is 199 Å². The summed E-state index contributed by atoms with van der Waals surface area (Å²) in [4.78, 5) is 34.6. The number of anilines is 1. The van der Waals surface area contributed by atoms with Gasteiger partial charge in [0.25, 0.3) is 11.8 Å². The van der Waals surface area contributed by atoms with Crippen LogP contribution in [-0.4, -0.2) is 26.3 Å². The highest BCUT2D eigenvalue weighted by molar-refractivity contribution is 6.08. The maximum atomic E-state index is 13.2. The summed E-state index contributed by atoms with van der Waals surface area (Å²) in [6, 6.07) is 14.5. The first kappa shape index (κ1) is 23.2. The number of hydrogen-bond acceptors (Lipinski definition) is 4. The molecule has 0 bridgehead atoms. The largest absolute Gasteiger partial charge is 0.345 e. The van der Waals surface area contributed by atoms with Crippen LogP contribution in [0.2, 0.25) is 0 Å². The van der Waals surface area contributed by atoms with Gasteiger partial charge >= 0.3 is 0 Å². The second-order valence-corrected chi connectivity index (χ2v) is 9.45. The summed E-state index contributed by atoms with van der Waals surface area (Å²) in [5.41, 5.74) is 3.47. The third kappa shape index (κ3) is 4.83. The van der Waals surface area contributed by atoms with Crippen molar-refractivity contribution in [2.24, 2.45) is 0 Å². The van der Waals surface area contributed by atoms with E-state index in [0.29, 0.717) is 22.6 Å². The fourth-order valence-electron chi connectivity index (χ4n) is 3.77. The highest BCUT2D eigenvalue weighted by atomic mass is 16.2. The summed E-state index contributed by atoms with van der Waals surface area (Å²) in [5, 5.41) is 6.66. The fourth-order valence-corrected chi connectivity index (χ4v) is 3.77. The van der Waals surface area contributed by atoms with Crippen molar-refractivity contribution in [2.75, 3.05) is 5.32 Å². The highest BCUT2D eigenvalue weighted by Gasteiger charge is 2.24. The molecule has 0 saturated heterocycles. The van der Waals surface area contributed by atoms with Gasteiger partial charge < -0.3 is 15.2 Å². The number of benzene rings is 1. The van der Waals surface area contributed by atoms with Crippen molar-refractivity contribution in [3.05, 3.63) is 89.4 Å². The summed E-state index contributed by atoms with van der Waals surface area (Å²) >= 11 is 0. The van der Waals surface area contributed by atoms with Gasteiger partial charge in [-0.1, -0.05) is 17.7 Å². The van der Waals surface area contributed by atoms with Gasteiger partial charge in [0.1, 0.15) is 11.5 Å². The molecule has 0 aliphatic heterocycles. The second kappa shape index (κ2) is 9.09. The second-order valence-electron chi connectivity index (χ2n) is 9.45. The molecule has 1 unspecified atom stereocenters. The molecule has 3 heterocycles. The number of carbonyl (C=O) groups excluding carboxylic acids is 2. The van der Waals surface area contributed by atoms with E-state index < -0.39 is 0 Å². The van der Waals surface area contributed by atoms with Crippen LogP contribution in [0.15, 0.2) is 67.1 Å². The molecule has 0 aliphatic rings. The molecule has 2 amide bonds. The number of rotatable bonds is 5. The molecular weight excluding hydrogens is 426 g/mol. The maximum absolute atomic E-state index is 13.2. The van der Waals surface area contributed by atoms with Gasteiger partial charge in [-0.15, -0.1) is 0 Å². The Balaban J connectivity index is 1.66. The molecule has 2 N–H and O–H groups in total. The lowest BCUT2D eigenvalue weighted by Crippen LogP contribution is -2.27. The van der Waals surface area contributed by atoms with Gasteiger partial charge in [-0.05, 0) is 76.6 Å². The van der Waals surface area contributed by atoms with E-state index in [1.54, 1.807) is 30.6 Å². The van der Waals surface area contributed by atoms with Crippen molar-refractivity contribution in [1.29, 1.82) is 0 Å². The van der Waals surface area contributed by atoms with Crippen LogP contribution < -0.4 is 10.6 Å². The highest BCUT2D eigenvalue weighted by Crippen LogP contribution is 2.28. The average Bonchev–Trinajstić information content (AvgIpc) is 3.19. The van der Waals surface area contributed by atoms with E-state index in [1.807, 2.05) is 75.7 Å². The molecule has 34 heavy (non-hydrogen) atoms. The van der Waals surface area contributed by atoms with Crippen molar-refractivity contribution < 1.29 is 9.59 Å². The van der Waals surface area contributed by atoms with Gasteiger partial charge in [0.05, 0.1) is 11.6 Å². The van der Waals surface area contributed by atoms with Crippen LogP contribution in [0.5, 0.6) is 0 Å². The van der Waals surface area contributed by atoms with E-state index in [0.717, 1.165) is 16.5 Å². The van der Waals surface area contributed by atoms with Crippen molar-refractivity contribution >= 4 is 28.7 Å². The Morgan fingerprint density at radius 1 is 0.941 bits per heavy atom. The summed E-state index contributed by atoms with van der Waals surface area (Å²) in [7, 11) is 0. The molecule has 1 aromatic carbocycles. The lowest BCUT2D eigenvalue weighted by molar-refractivity contribution is 0.0940. The lowest BCUT2D eigenvalue weighted by Gasteiger charge is -2.22. The molecule has 7 nitrogen and oxygen atoms in total. The molecule has 0 radical (unpaired) electrons. The van der Waals surface area contributed by atoms with Gasteiger partial charge in [0.2, 0.25) is 0 Å². The minimum absolute atomic E-state index is 0.176. The summed E-state index contributed by atoms with van der Waals surface area (Å²) in [6.45, 7) is 10.1. The molecule has 0 saturated carbocycles. The minimum Gasteiger partial charge on any atom is -0.345 e. The molecule has 174 valence electrons. The topological polar surface area (TPSA) is 88.9 Å². The van der Waals surface area contributed by atoms with Crippen molar-refractivity contribution in [3.8, 4) is 0 Å². The van der Waals surface area contributed by atoms with Crippen molar-refractivity contribution in [2.45, 2.75) is 46.2 Å². The van der Waals surface area contributed by atoms with Crippen LogP contribution in [0, 0.1) is 6.92 Å². The standard InChI is InChI=1S/C27H29N5O2/c1-17-6-8-20(9-7-17)25(33)31-23-11-10-21-22(16-32(24(21)30-23)27(3,4)5)26(34)29-18(2)19-12-14-28-15-13-19/h6-16,18H,1-5H3,(H,29,34)(H,30,31,33). The molecule has 1 atom stereocenters. The van der Waals surface area contributed by atoms with E-state index in [2.05, 4.69) is 15.6 Å². The van der Waals surface area contributed by atoms with Crippen molar-refractivity contribution in [3.63, 3.8) is 0 Å². The average molecular weight is 456 g/mol. The van der Waals surface area contributed by atoms with Gasteiger partial charge in [0, 0.05) is 35.1 Å². The number of nitrogens with zero attached hydrogens (tertiary/aromatic N) is 3. The number of aromatic nitrogens is 3. The first-order chi connectivity index (χ1) is 16.1. The Morgan fingerprint density at radius 2 is 1.62 bits per heavy atom. The zero-order chi connectivity index (χ0) is 24.5. The summed E-state index contributed by atoms with van der Waals surface area (Å²) in [5.74, 6) is 0.0131. The van der Waals surface area contributed by atoms with Crippen LogP contribution in [0.3, 0.4) is 0 Å². The van der Waals surface area contributed by atoms with E-state index in [9.17, 15) is 9.59 Å². The lowest BCUT2D eigenvalue weighted by atomic mass is 10.1. The van der Waals surface area contributed by atoms with Gasteiger partial charge in [-0.25, -0.2) is 4.98 Å². The SMILES string of the molecule is Cc1ccc(C(=O)Nc2ccc3c(C(=O)NC(C)c4ccncc4)cn(C(C)(C)C)c3n2)cc1. The molecular formula is C27H29N5O2. The normalized spacial score (nSPS) is 12.4. The van der Waals surface area contributed by atoms with E-state index in [1.165, 1.54) is 0 Å². The van der Waals surface area contributed by atoms with E-state index in [-0.39, 0.29) is 23.4 Å². The maximum Gasteiger partial charge on any atom is 0.256 e. The van der Waals surface area contributed by atoms with Crippen LogP contribution in [0.1, 0.15) is 65.6 Å². The number of amides is 2. The zero-order valence-electron chi connectivity index (χ0n) is 20.1. The predicted octanol–water partition coefficient (Wildman–Crippen LogP) is 5.24. The fraction of sp³-hybridized carbons (Fsp3) is 0.259. The Bertz CT molecular complexity index is 1340. The summed E-state index contributed by atoms with van der Waals surface area (Å²) in [6.07, 6.45) is 5.25. The van der Waals surface area contributed by atoms with Crippen LogP contribution >= 0.6 is 0 Å². The number of nitrogens with one attached hydrogen (secondary N) is 2. The number of aryl methyl sites for hydroxylation is 1. The molecule has 4 rings (SSSR count). The van der Waals surface area contributed by atoms with Gasteiger partial charge in [-0.2, -0.15) is 0 Å². The van der Waals surface area contributed by atoms with Crippen LogP contribution in [0.4, 0.5) is 5.82 Å². The molecule has 0 spiro atoms. The molecule has 3 aromatic heterocycles. The number of pyridine rings is 2. The molecule has 7 heteroatoms. The van der Waals surface area contributed by atoms with Gasteiger partial charge in [0.15, 0.2) is 0 Å². The van der Waals surface area contributed by atoms with Crippen LogP contribution in [0.25, 0.3) is 11.0 Å². The van der Waals surface area contributed by atoms with Crippen LogP contribution in [-0.2, 0) is 5.54 Å². The first-order valence-electron chi connectivity index (χ1n) is 11.2. The number of carbonyl (C=O) groups is 2. The number of fused-ring (bicyclic) bond motifs is 1.